The van der Waals surface area contributed by atoms with Gasteiger partial charge in [-0.25, -0.2) is 0 Å². The molecule has 1 heterocycles. The molecule has 96 valence electrons. The number of piperidine rings is 1. The summed E-state index contributed by atoms with van der Waals surface area (Å²) in [5.41, 5.74) is 5.48. The highest BCUT2D eigenvalue weighted by molar-refractivity contribution is 7.87. The van der Waals surface area contributed by atoms with Crippen LogP contribution in [0.25, 0.3) is 0 Å². The molecule has 1 saturated heterocycles. The number of likely N-dealkylation sites (tertiary alicyclic amines) is 1. The van der Waals surface area contributed by atoms with Crippen LogP contribution in [0.4, 0.5) is 0 Å². The van der Waals surface area contributed by atoms with Gasteiger partial charge in [0.1, 0.15) is 0 Å². The summed E-state index contributed by atoms with van der Waals surface area (Å²) in [6.07, 6.45) is 1.71. The zero-order valence-electron chi connectivity index (χ0n) is 10.0. The lowest BCUT2D eigenvalue weighted by atomic mass is 10.1. The van der Waals surface area contributed by atoms with Gasteiger partial charge < -0.3 is 10.6 Å². The van der Waals surface area contributed by atoms with Crippen LogP contribution in [-0.2, 0) is 10.2 Å². The maximum atomic E-state index is 11.6. The minimum atomic E-state index is -3.29. The predicted octanol–water partition coefficient (Wildman–Crippen LogP) is -1.19. The van der Waals surface area contributed by atoms with Crippen LogP contribution in [0.15, 0.2) is 0 Å². The molecule has 6 nitrogen and oxygen atoms in total. The molecule has 1 fully saturated rings. The van der Waals surface area contributed by atoms with Gasteiger partial charge in [-0.05, 0) is 25.9 Å². The van der Waals surface area contributed by atoms with Crippen LogP contribution in [-0.4, -0.2) is 63.9 Å². The predicted molar refractivity (Wildman–Crippen MR) is 64.3 cm³/mol. The fourth-order valence-corrected chi connectivity index (χ4v) is 2.64. The van der Waals surface area contributed by atoms with E-state index in [4.69, 9.17) is 5.73 Å². The smallest absolute Gasteiger partial charge is 0.279 e. The molecule has 0 radical (unpaired) electrons. The molecule has 0 aromatic rings. The topological polar surface area (TPSA) is 78.7 Å². The van der Waals surface area contributed by atoms with Crippen LogP contribution >= 0.6 is 0 Å². The van der Waals surface area contributed by atoms with Gasteiger partial charge in [-0.1, -0.05) is 0 Å². The summed E-state index contributed by atoms with van der Waals surface area (Å²) in [4.78, 5) is 2.26. The zero-order valence-corrected chi connectivity index (χ0v) is 10.8. The van der Waals surface area contributed by atoms with Gasteiger partial charge in [0.05, 0.1) is 0 Å². The van der Waals surface area contributed by atoms with E-state index >= 15 is 0 Å². The maximum Gasteiger partial charge on any atom is 0.279 e. The first kappa shape index (κ1) is 13.9. The van der Waals surface area contributed by atoms with Gasteiger partial charge in [-0.3, -0.25) is 0 Å². The monoisotopic (exact) mass is 250 g/mol. The van der Waals surface area contributed by atoms with Crippen molar-refractivity contribution in [1.29, 1.82) is 0 Å². The number of hydrogen-bond acceptors (Lipinski definition) is 4. The number of hydrogen-bond donors (Lipinski definition) is 2. The minimum absolute atomic E-state index is 0.0569. The van der Waals surface area contributed by atoms with Crippen molar-refractivity contribution >= 4 is 10.2 Å². The third kappa shape index (κ3) is 3.99. The van der Waals surface area contributed by atoms with Gasteiger partial charge in [0.25, 0.3) is 10.2 Å². The normalized spacial score (nSPS) is 20.5. The molecule has 3 N–H and O–H groups in total. The molecule has 0 aromatic carbocycles. The third-order valence-corrected chi connectivity index (χ3v) is 4.42. The summed E-state index contributed by atoms with van der Waals surface area (Å²) in [6.45, 7) is 3.39. The van der Waals surface area contributed by atoms with Crippen LogP contribution in [0.2, 0.25) is 0 Å². The van der Waals surface area contributed by atoms with Crippen molar-refractivity contribution in [3.8, 4) is 0 Å². The van der Waals surface area contributed by atoms with Crippen molar-refractivity contribution in [2.45, 2.75) is 18.9 Å². The molecule has 1 rings (SSSR count). The van der Waals surface area contributed by atoms with Crippen LogP contribution in [0, 0.1) is 0 Å². The molecule has 7 heteroatoms. The Morgan fingerprint density at radius 1 is 1.38 bits per heavy atom. The molecule has 0 unspecified atom stereocenters. The Balaban J connectivity index is 2.38. The first-order chi connectivity index (χ1) is 7.45. The van der Waals surface area contributed by atoms with Crippen molar-refractivity contribution in [2.75, 3.05) is 40.3 Å². The van der Waals surface area contributed by atoms with Gasteiger partial charge in [0.2, 0.25) is 0 Å². The highest BCUT2D eigenvalue weighted by Gasteiger charge is 2.23. The second kappa shape index (κ2) is 5.92. The molecule has 1 aliphatic heterocycles. The van der Waals surface area contributed by atoms with E-state index in [2.05, 4.69) is 9.62 Å². The summed E-state index contributed by atoms with van der Waals surface area (Å²) in [5.74, 6) is 0. The van der Waals surface area contributed by atoms with Gasteiger partial charge in [-0.15, -0.1) is 0 Å². The Hall–Kier alpha value is -0.210. The van der Waals surface area contributed by atoms with Crippen molar-refractivity contribution in [1.82, 2.24) is 13.9 Å². The molecule has 0 saturated carbocycles. The van der Waals surface area contributed by atoms with Crippen molar-refractivity contribution < 1.29 is 8.42 Å². The number of nitrogens with zero attached hydrogens (tertiary/aromatic N) is 2. The van der Waals surface area contributed by atoms with Gasteiger partial charge >= 0.3 is 0 Å². The summed E-state index contributed by atoms with van der Waals surface area (Å²) in [7, 11) is -0.220. The molecule has 0 aromatic heterocycles. The van der Waals surface area contributed by atoms with E-state index in [-0.39, 0.29) is 6.04 Å². The highest BCUT2D eigenvalue weighted by atomic mass is 32.2. The van der Waals surface area contributed by atoms with Crippen LogP contribution in [0.5, 0.6) is 0 Å². The Labute approximate surface area is 98.0 Å². The Bertz CT molecular complexity index is 297. The zero-order chi connectivity index (χ0) is 12.2. The van der Waals surface area contributed by atoms with E-state index in [0.29, 0.717) is 6.54 Å². The molecule has 0 aliphatic carbocycles. The van der Waals surface area contributed by atoms with Gasteiger partial charge in [0, 0.05) is 33.2 Å². The number of rotatable bonds is 5. The van der Waals surface area contributed by atoms with Crippen molar-refractivity contribution in [2.24, 2.45) is 5.73 Å². The lowest BCUT2D eigenvalue weighted by Crippen LogP contribution is -2.48. The van der Waals surface area contributed by atoms with Crippen LogP contribution in [0.1, 0.15) is 12.8 Å². The van der Waals surface area contributed by atoms with Crippen molar-refractivity contribution in [3.63, 3.8) is 0 Å². The number of nitrogens with two attached hydrogens (primary N) is 1. The minimum Gasteiger partial charge on any atom is -0.329 e. The van der Waals surface area contributed by atoms with Gasteiger partial charge in [-0.2, -0.15) is 17.4 Å². The Kier molecular flexibility index (Phi) is 5.13. The SMILES string of the molecule is CN(C)S(=O)(=O)NC1CCN(CCN)CC1. The summed E-state index contributed by atoms with van der Waals surface area (Å²) < 4.78 is 27.1. The highest BCUT2D eigenvalue weighted by Crippen LogP contribution is 2.11. The molecule has 0 bridgehead atoms. The molecule has 16 heavy (non-hydrogen) atoms. The average molecular weight is 250 g/mol. The molecular weight excluding hydrogens is 228 g/mol. The second-order valence-corrected chi connectivity index (χ2v) is 6.23. The summed E-state index contributed by atoms with van der Waals surface area (Å²) >= 11 is 0. The fourth-order valence-electron chi connectivity index (χ4n) is 1.77. The van der Waals surface area contributed by atoms with E-state index in [1.807, 2.05) is 0 Å². The van der Waals surface area contributed by atoms with Crippen LogP contribution < -0.4 is 10.5 Å². The van der Waals surface area contributed by atoms with E-state index in [0.717, 1.165) is 32.5 Å². The Morgan fingerprint density at radius 2 is 1.94 bits per heavy atom. The summed E-state index contributed by atoms with van der Waals surface area (Å²) in [6, 6.07) is 0.0569. The standard InChI is InChI=1S/C9H22N4O2S/c1-12(2)16(14,15)11-9-3-6-13(7-4-9)8-5-10/h9,11H,3-8,10H2,1-2H3. The lowest BCUT2D eigenvalue weighted by Gasteiger charge is -2.32. The van der Waals surface area contributed by atoms with E-state index in [1.54, 1.807) is 0 Å². The van der Waals surface area contributed by atoms with E-state index in [9.17, 15) is 8.42 Å². The maximum absolute atomic E-state index is 11.6. The molecule has 0 spiro atoms. The largest absolute Gasteiger partial charge is 0.329 e. The lowest BCUT2D eigenvalue weighted by molar-refractivity contribution is 0.211. The molecule has 0 atom stereocenters. The molecular formula is C9H22N4O2S. The van der Waals surface area contributed by atoms with E-state index in [1.165, 1.54) is 18.4 Å². The fraction of sp³-hybridized carbons (Fsp3) is 1.00. The first-order valence-corrected chi connectivity index (χ1v) is 7.02. The van der Waals surface area contributed by atoms with E-state index < -0.39 is 10.2 Å². The van der Waals surface area contributed by atoms with Crippen molar-refractivity contribution in [3.05, 3.63) is 0 Å². The molecule has 1 aliphatic rings. The average Bonchev–Trinajstić information content (AvgIpc) is 2.21. The van der Waals surface area contributed by atoms with Crippen LogP contribution in [0.3, 0.4) is 0 Å². The first-order valence-electron chi connectivity index (χ1n) is 5.58. The quantitative estimate of drug-likeness (QED) is 0.643. The molecule has 0 amide bonds. The second-order valence-electron chi connectivity index (χ2n) is 4.31. The Morgan fingerprint density at radius 3 is 2.38 bits per heavy atom. The number of nitrogens with one attached hydrogen (secondary N) is 1. The summed E-state index contributed by atoms with van der Waals surface area (Å²) in [5, 5.41) is 0. The van der Waals surface area contributed by atoms with Gasteiger partial charge in [0.15, 0.2) is 0 Å². The third-order valence-electron chi connectivity index (χ3n) is 2.83.